The van der Waals surface area contributed by atoms with E-state index in [0.29, 0.717) is 19.1 Å². The van der Waals surface area contributed by atoms with Crippen LogP contribution in [0.1, 0.15) is 38.2 Å². The Morgan fingerprint density at radius 1 is 1.50 bits per heavy atom. The molecule has 2 rings (SSSR count). The van der Waals surface area contributed by atoms with Gasteiger partial charge in [0, 0.05) is 6.54 Å². The highest BCUT2D eigenvalue weighted by molar-refractivity contribution is 5.15. The highest BCUT2D eigenvalue weighted by atomic mass is 19.1. The summed E-state index contributed by atoms with van der Waals surface area (Å²) in [5.74, 6) is 0.449. The van der Waals surface area contributed by atoms with Gasteiger partial charge in [-0.1, -0.05) is 31.9 Å². The van der Waals surface area contributed by atoms with Gasteiger partial charge in [-0.3, -0.25) is 0 Å². The topological polar surface area (TPSA) is 35.2 Å². The number of ether oxygens (including phenoxy) is 1. The van der Waals surface area contributed by atoms with Gasteiger partial charge >= 0.3 is 0 Å². The molecule has 2 unspecified atom stereocenters. The van der Waals surface area contributed by atoms with Crippen molar-refractivity contribution in [3.05, 3.63) is 35.6 Å². The van der Waals surface area contributed by atoms with Crippen LogP contribution in [0.3, 0.4) is 0 Å². The van der Waals surface area contributed by atoms with Gasteiger partial charge in [0.25, 0.3) is 0 Å². The molecule has 1 aliphatic rings. The average Bonchev–Trinajstić information content (AvgIpc) is 2.37. The second-order valence-corrected chi connectivity index (χ2v) is 5.51. The van der Waals surface area contributed by atoms with E-state index in [9.17, 15) is 4.39 Å². The molecular weight excluding hydrogens is 229 g/mol. The Labute approximate surface area is 108 Å². The van der Waals surface area contributed by atoms with Crippen LogP contribution >= 0.6 is 0 Å². The molecule has 0 aliphatic heterocycles. The minimum Gasteiger partial charge on any atom is -0.369 e. The third-order valence-electron chi connectivity index (χ3n) is 3.86. The molecule has 0 heterocycles. The molecule has 1 aliphatic carbocycles. The smallest absolute Gasteiger partial charge is 0.123 e. The summed E-state index contributed by atoms with van der Waals surface area (Å²) < 4.78 is 19.1. The summed E-state index contributed by atoms with van der Waals surface area (Å²) in [6, 6.07) is 6.58. The Morgan fingerprint density at radius 2 is 2.33 bits per heavy atom. The first-order valence-electron chi connectivity index (χ1n) is 6.72. The van der Waals surface area contributed by atoms with E-state index in [1.54, 1.807) is 6.07 Å². The molecule has 0 spiro atoms. The number of nitrogens with two attached hydrogens (primary N) is 1. The molecule has 0 aromatic heterocycles. The number of benzene rings is 1. The lowest BCUT2D eigenvalue weighted by molar-refractivity contribution is -0.0840. The Bertz CT molecular complexity index is 396. The highest BCUT2D eigenvalue weighted by Crippen LogP contribution is 2.35. The fourth-order valence-electron chi connectivity index (χ4n) is 2.85. The van der Waals surface area contributed by atoms with E-state index in [-0.39, 0.29) is 11.4 Å². The van der Waals surface area contributed by atoms with E-state index in [1.165, 1.54) is 25.0 Å². The molecule has 0 radical (unpaired) electrons. The van der Waals surface area contributed by atoms with Crippen molar-refractivity contribution in [1.29, 1.82) is 0 Å². The zero-order valence-electron chi connectivity index (χ0n) is 11.0. The van der Waals surface area contributed by atoms with Crippen LogP contribution in [-0.4, -0.2) is 12.1 Å². The molecule has 1 aromatic carbocycles. The highest BCUT2D eigenvalue weighted by Gasteiger charge is 2.34. The first kappa shape index (κ1) is 13.5. The fourth-order valence-corrected chi connectivity index (χ4v) is 2.85. The van der Waals surface area contributed by atoms with Crippen LogP contribution in [0, 0.1) is 11.7 Å². The molecule has 1 saturated carbocycles. The van der Waals surface area contributed by atoms with Gasteiger partial charge in [-0.25, -0.2) is 4.39 Å². The summed E-state index contributed by atoms with van der Waals surface area (Å²) in [5.41, 5.74) is 6.57. The Balaban J connectivity index is 1.98. The molecule has 0 saturated heterocycles. The van der Waals surface area contributed by atoms with E-state index in [2.05, 4.69) is 6.92 Å². The summed E-state index contributed by atoms with van der Waals surface area (Å²) >= 11 is 0. The zero-order valence-corrected chi connectivity index (χ0v) is 11.0. The zero-order chi connectivity index (χ0) is 13.0. The van der Waals surface area contributed by atoms with Crippen molar-refractivity contribution in [3.8, 4) is 0 Å². The lowest BCUT2D eigenvalue weighted by Crippen LogP contribution is -2.44. The van der Waals surface area contributed by atoms with Gasteiger partial charge in [0.1, 0.15) is 5.82 Å². The quantitative estimate of drug-likeness (QED) is 0.891. The Hall–Kier alpha value is -0.930. The average molecular weight is 251 g/mol. The molecule has 3 heteroatoms. The van der Waals surface area contributed by atoms with Crippen LogP contribution in [0.25, 0.3) is 0 Å². The van der Waals surface area contributed by atoms with Crippen LogP contribution in [0.4, 0.5) is 4.39 Å². The monoisotopic (exact) mass is 251 g/mol. The second kappa shape index (κ2) is 5.81. The standard InChI is InChI=1S/C15H22FNO/c1-12-4-3-7-15(9-12,11-17)18-10-13-5-2-6-14(16)8-13/h2,5-6,8,12H,3-4,7,9-11,17H2,1H3. The SMILES string of the molecule is CC1CCCC(CN)(OCc2cccc(F)c2)C1. The largest absolute Gasteiger partial charge is 0.369 e. The minimum absolute atomic E-state index is 0.204. The molecule has 2 atom stereocenters. The van der Waals surface area contributed by atoms with E-state index in [4.69, 9.17) is 10.5 Å². The second-order valence-electron chi connectivity index (χ2n) is 5.51. The number of rotatable bonds is 4. The predicted octanol–water partition coefficient (Wildman–Crippen LogP) is 3.25. The summed E-state index contributed by atoms with van der Waals surface area (Å²) in [6.07, 6.45) is 4.45. The lowest BCUT2D eigenvalue weighted by Gasteiger charge is -2.39. The van der Waals surface area contributed by atoms with Crippen molar-refractivity contribution < 1.29 is 9.13 Å². The van der Waals surface area contributed by atoms with Crippen molar-refractivity contribution in [2.24, 2.45) is 11.7 Å². The number of halogens is 1. The van der Waals surface area contributed by atoms with Gasteiger partial charge in [-0.05, 0) is 36.5 Å². The molecular formula is C15H22FNO. The van der Waals surface area contributed by atoms with Crippen LogP contribution in [-0.2, 0) is 11.3 Å². The maximum absolute atomic E-state index is 13.1. The third kappa shape index (κ3) is 3.30. The molecule has 0 amide bonds. The van der Waals surface area contributed by atoms with E-state index in [0.717, 1.165) is 18.4 Å². The molecule has 18 heavy (non-hydrogen) atoms. The van der Waals surface area contributed by atoms with E-state index in [1.807, 2.05) is 6.07 Å². The molecule has 2 nitrogen and oxygen atoms in total. The van der Waals surface area contributed by atoms with Crippen LogP contribution in [0.5, 0.6) is 0 Å². The fraction of sp³-hybridized carbons (Fsp3) is 0.600. The van der Waals surface area contributed by atoms with Gasteiger partial charge < -0.3 is 10.5 Å². The summed E-state index contributed by atoms with van der Waals surface area (Å²) in [7, 11) is 0. The Morgan fingerprint density at radius 3 is 3.00 bits per heavy atom. The predicted molar refractivity (Wildman–Crippen MR) is 70.6 cm³/mol. The number of hydrogen-bond donors (Lipinski definition) is 1. The van der Waals surface area contributed by atoms with E-state index < -0.39 is 0 Å². The number of hydrogen-bond acceptors (Lipinski definition) is 2. The van der Waals surface area contributed by atoms with Gasteiger partial charge in [-0.15, -0.1) is 0 Å². The third-order valence-corrected chi connectivity index (χ3v) is 3.86. The van der Waals surface area contributed by atoms with Gasteiger partial charge in [0.05, 0.1) is 12.2 Å². The van der Waals surface area contributed by atoms with Gasteiger partial charge in [0.15, 0.2) is 0 Å². The van der Waals surface area contributed by atoms with E-state index >= 15 is 0 Å². The molecule has 2 N–H and O–H groups in total. The Kier molecular flexibility index (Phi) is 4.36. The summed E-state index contributed by atoms with van der Waals surface area (Å²) in [4.78, 5) is 0. The van der Waals surface area contributed by atoms with Crippen LogP contribution < -0.4 is 5.73 Å². The van der Waals surface area contributed by atoms with Gasteiger partial charge in [0.2, 0.25) is 0 Å². The molecule has 0 bridgehead atoms. The maximum Gasteiger partial charge on any atom is 0.123 e. The minimum atomic E-state index is -0.213. The first-order valence-corrected chi connectivity index (χ1v) is 6.72. The normalized spacial score (nSPS) is 28.3. The first-order chi connectivity index (χ1) is 8.63. The van der Waals surface area contributed by atoms with Crippen molar-refractivity contribution in [2.75, 3.05) is 6.54 Å². The van der Waals surface area contributed by atoms with Crippen molar-refractivity contribution in [1.82, 2.24) is 0 Å². The van der Waals surface area contributed by atoms with Crippen molar-refractivity contribution in [2.45, 2.75) is 44.8 Å². The van der Waals surface area contributed by atoms with Crippen LogP contribution in [0.15, 0.2) is 24.3 Å². The summed E-state index contributed by atoms with van der Waals surface area (Å²) in [5, 5.41) is 0. The molecule has 1 fully saturated rings. The lowest BCUT2D eigenvalue weighted by atomic mass is 9.79. The maximum atomic E-state index is 13.1. The van der Waals surface area contributed by atoms with Crippen LogP contribution in [0.2, 0.25) is 0 Å². The molecule has 100 valence electrons. The van der Waals surface area contributed by atoms with Gasteiger partial charge in [-0.2, -0.15) is 0 Å². The van der Waals surface area contributed by atoms with Crippen molar-refractivity contribution >= 4 is 0 Å². The van der Waals surface area contributed by atoms with Crippen molar-refractivity contribution in [3.63, 3.8) is 0 Å². The summed E-state index contributed by atoms with van der Waals surface area (Å²) in [6.45, 7) is 3.24. The molecule has 1 aromatic rings.